The summed E-state index contributed by atoms with van der Waals surface area (Å²) in [4.78, 5) is 12.4. The Bertz CT molecular complexity index is 987. The van der Waals surface area contributed by atoms with Crippen LogP contribution in [0.15, 0.2) is 29.8 Å². The topological polar surface area (TPSA) is 72.5 Å². The van der Waals surface area contributed by atoms with Gasteiger partial charge in [-0.25, -0.2) is 17.6 Å². The van der Waals surface area contributed by atoms with Crippen molar-refractivity contribution in [3.05, 3.63) is 40.7 Å². The van der Waals surface area contributed by atoms with Crippen LogP contribution in [0.4, 0.5) is 10.1 Å². The van der Waals surface area contributed by atoms with Crippen LogP contribution in [0.3, 0.4) is 0 Å². The number of nitrogens with one attached hydrogen (secondary N) is 1. The normalized spacial score (nSPS) is 30.0. The van der Waals surface area contributed by atoms with Gasteiger partial charge in [0.1, 0.15) is 11.0 Å². The minimum Gasteiger partial charge on any atom is -0.463 e. The fourth-order valence-corrected chi connectivity index (χ4v) is 3.21. The van der Waals surface area contributed by atoms with Crippen molar-refractivity contribution in [2.24, 2.45) is 0 Å². The highest BCUT2D eigenvalue weighted by molar-refractivity contribution is 7.93. The number of sulfonamides is 1. The van der Waals surface area contributed by atoms with Gasteiger partial charge in [0.05, 0.1) is 25.6 Å². The second kappa shape index (κ2) is 7.31. The standard InChI is InChI=1S/C15H17ClFNO4S/c1-2-22-15(19)11-5-3-4-6-14(11)23(20,21)18-13-8-7-10(17)9-12(13)16/h5,7-9,14,18H,2-4,6H2,1H3/t14-/m1/s1/i4D2,5D,6D2,14D. The molecule has 1 aliphatic carbocycles. The van der Waals surface area contributed by atoms with Gasteiger partial charge in [0.2, 0.25) is 10.0 Å². The predicted octanol–water partition coefficient (Wildman–Crippen LogP) is 3.26. The van der Waals surface area contributed by atoms with Crippen molar-refractivity contribution in [3.63, 3.8) is 0 Å². The molecule has 0 saturated carbocycles. The number of ether oxygens (including phenoxy) is 1. The van der Waals surface area contributed by atoms with Crippen LogP contribution in [-0.2, 0) is 19.6 Å². The van der Waals surface area contributed by atoms with Gasteiger partial charge < -0.3 is 4.74 Å². The van der Waals surface area contributed by atoms with Crippen LogP contribution in [0, 0.1) is 5.82 Å². The van der Waals surface area contributed by atoms with E-state index in [1.165, 1.54) is 6.92 Å². The molecule has 8 heteroatoms. The maximum atomic E-state index is 13.2. The zero-order valence-corrected chi connectivity index (χ0v) is 13.5. The van der Waals surface area contributed by atoms with Crippen LogP contribution in [-0.4, -0.2) is 26.2 Å². The number of hydrogen-bond donors (Lipinski definition) is 1. The maximum absolute atomic E-state index is 13.2. The number of anilines is 1. The molecule has 126 valence electrons. The molecule has 1 atom stereocenters. The summed E-state index contributed by atoms with van der Waals surface area (Å²) in [5.41, 5.74) is -1.57. The Balaban J connectivity index is 2.75. The van der Waals surface area contributed by atoms with Crippen molar-refractivity contribution in [2.45, 2.75) is 31.3 Å². The fourth-order valence-electron chi connectivity index (χ4n) is 1.74. The van der Waals surface area contributed by atoms with Crippen LogP contribution in [0.1, 0.15) is 34.3 Å². The first-order chi connectivity index (χ1) is 13.1. The fraction of sp³-hybridized carbons (Fsp3) is 0.400. The predicted molar refractivity (Wildman–Crippen MR) is 86.3 cm³/mol. The third-order valence-electron chi connectivity index (χ3n) is 2.71. The van der Waals surface area contributed by atoms with Gasteiger partial charge in [-0.15, -0.1) is 0 Å². The number of allylic oxidation sites excluding steroid dienone is 1. The van der Waals surface area contributed by atoms with Gasteiger partial charge in [-0.05, 0) is 44.3 Å². The molecule has 1 aromatic carbocycles. The van der Waals surface area contributed by atoms with E-state index >= 15 is 0 Å². The van der Waals surface area contributed by atoms with E-state index in [1.807, 2.05) is 4.72 Å². The Labute approximate surface area is 148 Å². The van der Waals surface area contributed by atoms with Crippen LogP contribution in [0.25, 0.3) is 0 Å². The smallest absolute Gasteiger partial charge is 0.335 e. The van der Waals surface area contributed by atoms with Crippen molar-refractivity contribution in [1.29, 1.82) is 0 Å². The SMILES string of the molecule is [2H]C1=C(C(=O)OCC)[C@]([2H])(S(=O)(=O)Nc2ccc(F)cc2Cl)C([2H])([2H])C([2H])([2H])C1. The summed E-state index contributed by atoms with van der Waals surface area (Å²) < 4.78 is 94.3. The third kappa shape index (κ3) is 4.23. The number of halogens is 2. The van der Waals surface area contributed by atoms with Gasteiger partial charge >= 0.3 is 5.97 Å². The lowest BCUT2D eigenvalue weighted by atomic mass is 9.99. The number of benzene rings is 1. The lowest BCUT2D eigenvalue weighted by Crippen LogP contribution is -2.34. The quantitative estimate of drug-likeness (QED) is 0.811. The molecule has 0 heterocycles. The second-order valence-electron chi connectivity index (χ2n) is 4.31. The minimum absolute atomic E-state index is 0.251. The van der Waals surface area contributed by atoms with E-state index in [-0.39, 0.29) is 6.61 Å². The number of carbonyl (C=O) groups excluding carboxylic acids is 1. The average molecular weight is 368 g/mol. The zero-order chi connectivity index (χ0) is 22.4. The molecule has 1 aromatic rings. The molecule has 5 nitrogen and oxygen atoms in total. The van der Waals surface area contributed by atoms with Crippen LogP contribution < -0.4 is 4.72 Å². The summed E-state index contributed by atoms with van der Waals surface area (Å²) >= 11 is 5.79. The molecule has 0 aliphatic heterocycles. The van der Waals surface area contributed by atoms with E-state index in [4.69, 9.17) is 24.6 Å². The molecule has 0 radical (unpaired) electrons. The van der Waals surface area contributed by atoms with Crippen molar-refractivity contribution < 1.29 is 30.6 Å². The Morgan fingerprint density at radius 2 is 2.39 bits per heavy atom. The van der Waals surface area contributed by atoms with Gasteiger partial charge in [0.15, 0.2) is 0 Å². The molecular weight excluding hydrogens is 345 g/mol. The number of hydrogen-bond acceptors (Lipinski definition) is 4. The summed E-state index contributed by atoms with van der Waals surface area (Å²) in [6, 6.07) is 1.66. The maximum Gasteiger partial charge on any atom is 0.335 e. The van der Waals surface area contributed by atoms with Crippen molar-refractivity contribution in [1.82, 2.24) is 0 Å². The molecule has 0 bridgehead atoms. The van der Waals surface area contributed by atoms with E-state index in [9.17, 15) is 17.6 Å². The summed E-state index contributed by atoms with van der Waals surface area (Å²) in [6.07, 6.45) is -7.41. The molecule has 0 unspecified atom stereocenters. The molecule has 0 amide bonds. The van der Waals surface area contributed by atoms with Crippen molar-refractivity contribution in [2.75, 3.05) is 11.3 Å². The highest BCUT2D eigenvalue weighted by Crippen LogP contribution is 2.30. The zero-order valence-electron chi connectivity index (χ0n) is 17.9. The summed E-state index contributed by atoms with van der Waals surface area (Å²) in [5.74, 6) is -2.22. The molecule has 0 fully saturated rings. The largest absolute Gasteiger partial charge is 0.463 e. The molecule has 0 aromatic heterocycles. The van der Waals surface area contributed by atoms with Gasteiger partial charge in [-0.2, -0.15) is 0 Å². The lowest BCUT2D eigenvalue weighted by Gasteiger charge is -2.24. The molecule has 0 saturated heterocycles. The van der Waals surface area contributed by atoms with Crippen LogP contribution >= 0.6 is 11.6 Å². The van der Waals surface area contributed by atoms with Gasteiger partial charge in [0, 0.05) is 5.48 Å². The number of esters is 1. The number of rotatable bonds is 5. The summed E-state index contributed by atoms with van der Waals surface area (Å²) in [7, 11) is -5.28. The first-order valence-corrected chi connectivity index (χ1v) is 8.33. The van der Waals surface area contributed by atoms with Crippen LogP contribution in [0.5, 0.6) is 0 Å². The summed E-state index contributed by atoms with van der Waals surface area (Å²) in [5, 5.41) is -4.02. The molecule has 1 aliphatic rings. The van der Waals surface area contributed by atoms with Crippen molar-refractivity contribution in [3.8, 4) is 0 Å². The van der Waals surface area contributed by atoms with E-state index in [2.05, 4.69) is 0 Å². The molecule has 1 N–H and O–H groups in total. The first kappa shape index (κ1) is 11.0. The second-order valence-corrected chi connectivity index (χ2v) is 6.34. The van der Waals surface area contributed by atoms with E-state index in [0.717, 1.165) is 18.2 Å². The summed E-state index contributed by atoms with van der Waals surface area (Å²) in [6.45, 7) is 1.13. The molecule has 2 rings (SSSR count). The Morgan fingerprint density at radius 1 is 1.65 bits per heavy atom. The Hall–Kier alpha value is -1.60. The lowest BCUT2D eigenvalue weighted by molar-refractivity contribution is -0.138. The highest BCUT2D eigenvalue weighted by atomic mass is 35.5. The third-order valence-corrected chi connectivity index (χ3v) is 4.35. The van der Waals surface area contributed by atoms with E-state index < -0.39 is 68.5 Å². The van der Waals surface area contributed by atoms with Gasteiger partial charge in [-0.3, -0.25) is 4.72 Å². The monoisotopic (exact) mass is 367 g/mol. The van der Waals surface area contributed by atoms with E-state index in [0.29, 0.717) is 0 Å². The van der Waals surface area contributed by atoms with E-state index in [1.54, 1.807) is 0 Å². The molecule has 23 heavy (non-hydrogen) atoms. The van der Waals surface area contributed by atoms with Crippen molar-refractivity contribution >= 4 is 33.3 Å². The Morgan fingerprint density at radius 3 is 3.04 bits per heavy atom. The highest BCUT2D eigenvalue weighted by Gasteiger charge is 2.35. The van der Waals surface area contributed by atoms with Crippen LogP contribution in [0.2, 0.25) is 5.02 Å². The Kier molecular flexibility index (Phi) is 3.51. The van der Waals surface area contributed by atoms with Gasteiger partial charge in [-0.1, -0.05) is 17.7 Å². The molecular formula is C15H17ClFNO4S. The minimum atomic E-state index is -5.28. The molecule has 0 spiro atoms. The number of carbonyl (C=O) groups is 1. The van der Waals surface area contributed by atoms with Gasteiger partial charge in [0.25, 0.3) is 0 Å². The first-order valence-electron chi connectivity index (χ1n) is 9.47. The average Bonchev–Trinajstić information content (AvgIpc) is 2.55.